The lowest BCUT2D eigenvalue weighted by molar-refractivity contribution is -0.115. The molecule has 8 heteroatoms. The van der Waals surface area contributed by atoms with E-state index in [4.69, 9.17) is 0 Å². The number of rotatable bonds is 7. The number of thioether (sulfide) groups is 1. The third kappa shape index (κ3) is 5.11. The Morgan fingerprint density at radius 3 is 2.65 bits per heavy atom. The van der Waals surface area contributed by atoms with Gasteiger partial charge in [-0.2, -0.15) is 0 Å². The van der Waals surface area contributed by atoms with Gasteiger partial charge < -0.3 is 15.5 Å². The molecule has 0 bridgehead atoms. The van der Waals surface area contributed by atoms with E-state index in [0.29, 0.717) is 0 Å². The summed E-state index contributed by atoms with van der Waals surface area (Å²) in [7, 11) is 0. The summed E-state index contributed by atoms with van der Waals surface area (Å²) in [6.45, 7) is 6.95. The standard InChI is InChI=1S/C18H25N5OS2/c1-3-19-17-21-22-18(26-17)25-13(2)16(24)20-14-7-9-15(10-8-14)23-11-5-4-6-12-23/h7-10,13H,3-6,11-12H2,1-2H3,(H,19,21)(H,20,24)/t13-/m1/s1. The van der Waals surface area contributed by atoms with Gasteiger partial charge in [0.25, 0.3) is 0 Å². The first kappa shape index (κ1) is 19.0. The maximum atomic E-state index is 12.4. The molecule has 26 heavy (non-hydrogen) atoms. The van der Waals surface area contributed by atoms with E-state index >= 15 is 0 Å². The molecule has 0 unspecified atom stereocenters. The van der Waals surface area contributed by atoms with Crippen LogP contribution < -0.4 is 15.5 Å². The minimum Gasteiger partial charge on any atom is -0.372 e. The number of hydrogen-bond acceptors (Lipinski definition) is 7. The zero-order chi connectivity index (χ0) is 18.4. The summed E-state index contributed by atoms with van der Waals surface area (Å²) in [6.07, 6.45) is 3.84. The van der Waals surface area contributed by atoms with Crippen molar-refractivity contribution in [1.29, 1.82) is 0 Å². The normalized spacial score (nSPS) is 15.5. The first-order valence-corrected chi connectivity index (χ1v) is 10.7. The zero-order valence-corrected chi connectivity index (χ0v) is 16.8. The van der Waals surface area contributed by atoms with Gasteiger partial charge in [0.1, 0.15) is 0 Å². The van der Waals surface area contributed by atoms with Gasteiger partial charge in [-0.25, -0.2) is 0 Å². The predicted octanol–water partition coefficient (Wildman–Crippen LogP) is 4.08. The van der Waals surface area contributed by atoms with Gasteiger partial charge in [-0.1, -0.05) is 23.1 Å². The summed E-state index contributed by atoms with van der Waals surface area (Å²) in [4.78, 5) is 14.8. The van der Waals surface area contributed by atoms with Crippen LogP contribution in [0.15, 0.2) is 28.6 Å². The van der Waals surface area contributed by atoms with Crippen LogP contribution in [0.25, 0.3) is 0 Å². The van der Waals surface area contributed by atoms with Gasteiger partial charge in [0, 0.05) is 31.0 Å². The predicted molar refractivity (Wildman–Crippen MR) is 111 cm³/mol. The van der Waals surface area contributed by atoms with Crippen molar-refractivity contribution < 1.29 is 4.79 Å². The molecule has 3 rings (SSSR count). The number of anilines is 3. The maximum absolute atomic E-state index is 12.4. The van der Waals surface area contributed by atoms with Gasteiger partial charge in [-0.05, 0) is 57.4 Å². The van der Waals surface area contributed by atoms with Gasteiger partial charge in [0.15, 0.2) is 4.34 Å². The lowest BCUT2D eigenvalue weighted by atomic mass is 10.1. The maximum Gasteiger partial charge on any atom is 0.237 e. The van der Waals surface area contributed by atoms with Gasteiger partial charge in [-0.3, -0.25) is 4.79 Å². The Bertz CT molecular complexity index is 713. The molecule has 0 radical (unpaired) electrons. The smallest absolute Gasteiger partial charge is 0.237 e. The number of aromatic nitrogens is 2. The highest BCUT2D eigenvalue weighted by Gasteiger charge is 2.18. The highest BCUT2D eigenvalue weighted by molar-refractivity contribution is 8.02. The largest absolute Gasteiger partial charge is 0.372 e. The quantitative estimate of drug-likeness (QED) is 0.693. The Labute approximate surface area is 162 Å². The number of carbonyl (C=O) groups excluding carboxylic acids is 1. The Balaban J connectivity index is 1.52. The second kappa shape index (κ2) is 9.23. The second-order valence-electron chi connectivity index (χ2n) is 6.25. The third-order valence-corrected chi connectivity index (χ3v) is 6.30. The number of nitrogens with zero attached hydrogens (tertiary/aromatic N) is 3. The number of nitrogens with one attached hydrogen (secondary N) is 2. The summed E-state index contributed by atoms with van der Waals surface area (Å²) >= 11 is 2.90. The lowest BCUT2D eigenvalue weighted by Gasteiger charge is -2.28. The van der Waals surface area contributed by atoms with Crippen molar-refractivity contribution in [2.75, 3.05) is 35.2 Å². The van der Waals surface area contributed by atoms with Crippen molar-refractivity contribution >= 4 is 45.5 Å². The number of piperidine rings is 1. The van der Waals surface area contributed by atoms with Crippen molar-refractivity contribution in [2.24, 2.45) is 0 Å². The molecule has 1 aliphatic rings. The van der Waals surface area contributed by atoms with Crippen molar-refractivity contribution in [3.8, 4) is 0 Å². The van der Waals surface area contributed by atoms with Crippen LogP contribution in [-0.2, 0) is 4.79 Å². The minimum atomic E-state index is -0.237. The molecule has 1 amide bonds. The fourth-order valence-electron chi connectivity index (χ4n) is 2.84. The molecule has 1 fully saturated rings. The highest BCUT2D eigenvalue weighted by Crippen LogP contribution is 2.29. The molecule has 2 aromatic rings. The van der Waals surface area contributed by atoms with Crippen molar-refractivity contribution in [3.63, 3.8) is 0 Å². The molecule has 6 nitrogen and oxygen atoms in total. The van der Waals surface area contributed by atoms with Crippen LogP contribution >= 0.6 is 23.1 Å². The highest BCUT2D eigenvalue weighted by atomic mass is 32.2. The minimum absolute atomic E-state index is 0.0269. The van der Waals surface area contributed by atoms with Crippen LogP contribution in [-0.4, -0.2) is 41.0 Å². The topological polar surface area (TPSA) is 70.1 Å². The molecule has 2 N–H and O–H groups in total. The van der Waals surface area contributed by atoms with Crippen molar-refractivity contribution in [2.45, 2.75) is 42.7 Å². The molecule has 0 saturated carbocycles. The zero-order valence-electron chi connectivity index (χ0n) is 15.2. The van der Waals surface area contributed by atoms with Gasteiger partial charge >= 0.3 is 0 Å². The monoisotopic (exact) mass is 391 g/mol. The van der Waals surface area contributed by atoms with E-state index in [1.807, 2.05) is 26.0 Å². The van der Waals surface area contributed by atoms with Crippen LogP contribution in [0.2, 0.25) is 0 Å². The average molecular weight is 392 g/mol. The Morgan fingerprint density at radius 2 is 1.96 bits per heavy atom. The molecule has 1 aliphatic heterocycles. The summed E-state index contributed by atoms with van der Waals surface area (Å²) < 4.78 is 0.795. The van der Waals surface area contributed by atoms with E-state index in [-0.39, 0.29) is 11.2 Å². The number of benzene rings is 1. The Morgan fingerprint density at radius 1 is 1.23 bits per heavy atom. The van der Waals surface area contributed by atoms with E-state index in [1.54, 1.807) is 0 Å². The fourth-order valence-corrected chi connectivity index (χ4v) is 4.80. The summed E-state index contributed by atoms with van der Waals surface area (Å²) in [6, 6.07) is 8.14. The van der Waals surface area contributed by atoms with Crippen LogP contribution in [0.1, 0.15) is 33.1 Å². The molecule has 1 aromatic carbocycles. The Hall–Kier alpha value is -1.80. The molecule has 0 aliphatic carbocycles. The van der Waals surface area contributed by atoms with Crippen molar-refractivity contribution in [3.05, 3.63) is 24.3 Å². The Kier molecular flexibility index (Phi) is 6.73. The molecule has 140 valence electrons. The average Bonchev–Trinajstić information content (AvgIpc) is 3.10. The molecule has 1 saturated heterocycles. The van der Waals surface area contributed by atoms with Crippen LogP contribution in [0, 0.1) is 0 Å². The number of carbonyl (C=O) groups is 1. The SMILES string of the molecule is CCNc1nnc(S[C@H](C)C(=O)Nc2ccc(N3CCCCC3)cc2)s1. The van der Waals surface area contributed by atoms with Crippen LogP contribution in [0.3, 0.4) is 0 Å². The summed E-state index contributed by atoms with van der Waals surface area (Å²) in [5.74, 6) is -0.0269. The number of amides is 1. The van der Waals surface area contributed by atoms with E-state index in [1.165, 1.54) is 48.0 Å². The second-order valence-corrected chi connectivity index (χ2v) is 8.81. The van der Waals surface area contributed by atoms with E-state index in [9.17, 15) is 4.79 Å². The molecule has 2 heterocycles. The molecular formula is C18H25N5OS2. The van der Waals surface area contributed by atoms with Gasteiger partial charge in [0.2, 0.25) is 11.0 Å². The molecule has 1 aromatic heterocycles. The van der Waals surface area contributed by atoms with Crippen molar-refractivity contribution in [1.82, 2.24) is 10.2 Å². The van der Waals surface area contributed by atoms with E-state index in [2.05, 4.69) is 37.9 Å². The molecular weight excluding hydrogens is 366 g/mol. The van der Waals surface area contributed by atoms with Crippen LogP contribution in [0.4, 0.5) is 16.5 Å². The summed E-state index contributed by atoms with van der Waals surface area (Å²) in [5, 5.41) is 14.8. The third-order valence-electron chi connectivity index (χ3n) is 4.24. The van der Waals surface area contributed by atoms with Gasteiger partial charge in [0.05, 0.1) is 5.25 Å². The lowest BCUT2D eigenvalue weighted by Crippen LogP contribution is -2.29. The number of hydrogen-bond donors (Lipinski definition) is 2. The van der Waals surface area contributed by atoms with Gasteiger partial charge in [-0.15, -0.1) is 10.2 Å². The molecule has 1 atom stereocenters. The summed E-state index contributed by atoms with van der Waals surface area (Å²) in [5.41, 5.74) is 2.06. The van der Waals surface area contributed by atoms with Crippen LogP contribution in [0.5, 0.6) is 0 Å². The fraction of sp³-hybridized carbons (Fsp3) is 0.500. The first-order valence-electron chi connectivity index (χ1n) is 9.05. The molecule has 0 spiro atoms. The van der Waals surface area contributed by atoms with E-state index in [0.717, 1.165) is 34.8 Å². The first-order chi connectivity index (χ1) is 12.7. The van der Waals surface area contributed by atoms with E-state index < -0.39 is 0 Å².